The zero-order valence-electron chi connectivity index (χ0n) is 10.1. The van der Waals surface area contributed by atoms with E-state index >= 15 is 0 Å². The summed E-state index contributed by atoms with van der Waals surface area (Å²) < 4.78 is 5.07. The molecular weight excluding hydrogens is 190 g/mol. The SMILES string of the molecule is CCCCOC(=O)C(C)=C(N)CCCC. The highest BCUT2D eigenvalue weighted by Gasteiger charge is 2.09. The maximum atomic E-state index is 11.5. The fraction of sp³-hybridized carbons (Fsp3) is 0.750. The molecule has 0 aromatic heterocycles. The highest BCUT2D eigenvalue weighted by atomic mass is 16.5. The van der Waals surface area contributed by atoms with Gasteiger partial charge < -0.3 is 10.5 Å². The van der Waals surface area contributed by atoms with Crippen molar-refractivity contribution in [3.05, 3.63) is 11.3 Å². The maximum absolute atomic E-state index is 11.5. The van der Waals surface area contributed by atoms with Gasteiger partial charge in [-0.05, 0) is 26.2 Å². The molecule has 2 N–H and O–H groups in total. The Morgan fingerprint density at radius 1 is 1.20 bits per heavy atom. The Balaban J connectivity index is 4.03. The summed E-state index contributed by atoms with van der Waals surface area (Å²) in [7, 11) is 0. The van der Waals surface area contributed by atoms with Gasteiger partial charge in [-0.2, -0.15) is 0 Å². The fourth-order valence-electron chi connectivity index (χ4n) is 1.10. The second kappa shape index (κ2) is 8.33. The van der Waals surface area contributed by atoms with Crippen molar-refractivity contribution in [2.45, 2.75) is 52.9 Å². The van der Waals surface area contributed by atoms with Crippen LogP contribution in [-0.4, -0.2) is 12.6 Å². The quantitative estimate of drug-likeness (QED) is 0.402. The van der Waals surface area contributed by atoms with E-state index in [-0.39, 0.29) is 5.97 Å². The van der Waals surface area contributed by atoms with Gasteiger partial charge in [0.15, 0.2) is 0 Å². The minimum atomic E-state index is -0.267. The number of carbonyl (C=O) groups excluding carboxylic acids is 1. The van der Waals surface area contributed by atoms with E-state index in [0.29, 0.717) is 17.9 Å². The molecule has 0 heterocycles. The number of unbranched alkanes of at least 4 members (excludes halogenated alkanes) is 2. The lowest BCUT2D eigenvalue weighted by Gasteiger charge is -2.07. The van der Waals surface area contributed by atoms with Crippen LogP contribution < -0.4 is 5.73 Å². The van der Waals surface area contributed by atoms with Crippen LogP contribution in [-0.2, 0) is 9.53 Å². The van der Waals surface area contributed by atoms with Crippen LogP contribution in [0.4, 0.5) is 0 Å². The minimum Gasteiger partial charge on any atom is -0.462 e. The van der Waals surface area contributed by atoms with Crippen molar-refractivity contribution in [3.8, 4) is 0 Å². The third-order valence-electron chi connectivity index (χ3n) is 2.32. The minimum absolute atomic E-state index is 0.267. The Morgan fingerprint density at radius 3 is 2.33 bits per heavy atom. The monoisotopic (exact) mass is 213 g/mol. The van der Waals surface area contributed by atoms with Gasteiger partial charge in [0.1, 0.15) is 0 Å². The van der Waals surface area contributed by atoms with Crippen LogP contribution in [0.2, 0.25) is 0 Å². The third kappa shape index (κ3) is 6.15. The number of hydrogen-bond acceptors (Lipinski definition) is 3. The van der Waals surface area contributed by atoms with Crippen LogP contribution >= 0.6 is 0 Å². The molecule has 88 valence electrons. The highest BCUT2D eigenvalue weighted by molar-refractivity contribution is 5.88. The van der Waals surface area contributed by atoms with Gasteiger partial charge in [0.05, 0.1) is 12.2 Å². The summed E-state index contributed by atoms with van der Waals surface area (Å²) in [5.74, 6) is -0.267. The van der Waals surface area contributed by atoms with Gasteiger partial charge in [0, 0.05) is 5.70 Å². The summed E-state index contributed by atoms with van der Waals surface area (Å²) in [6, 6.07) is 0. The molecule has 0 radical (unpaired) electrons. The largest absolute Gasteiger partial charge is 0.462 e. The first kappa shape index (κ1) is 14.0. The number of hydrogen-bond donors (Lipinski definition) is 1. The number of carbonyl (C=O) groups is 1. The molecule has 0 saturated carbocycles. The van der Waals surface area contributed by atoms with E-state index in [9.17, 15) is 4.79 Å². The summed E-state index contributed by atoms with van der Waals surface area (Å²) in [5, 5.41) is 0. The van der Waals surface area contributed by atoms with Crippen molar-refractivity contribution in [2.24, 2.45) is 5.73 Å². The third-order valence-corrected chi connectivity index (χ3v) is 2.32. The summed E-state index contributed by atoms with van der Waals surface area (Å²) >= 11 is 0. The van der Waals surface area contributed by atoms with E-state index in [2.05, 4.69) is 13.8 Å². The van der Waals surface area contributed by atoms with Crippen molar-refractivity contribution in [1.29, 1.82) is 0 Å². The molecule has 0 aliphatic carbocycles. The second-order valence-corrected chi connectivity index (χ2v) is 3.74. The summed E-state index contributed by atoms with van der Waals surface area (Å²) in [4.78, 5) is 11.5. The lowest BCUT2D eigenvalue weighted by atomic mass is 10.1. The number of allylic oxidation sites excluding steroid dienone is 1. The van der Waals surface area contributed by atoms with Crippen molar-refractivity contribution in [1.82, 2.24) is 0 Å². The van der Waals surface area contributed by atoms with Crippen LogP contribution in [0.5, 0.6) is 0 Å². The van der Waals surface area contributed by atoms with Crippen molar-refractivity contribution in [2.75, 3.05) is 6.61 Å². The van der Waals surface area contributed by atoms with Gasteiger partial charge in [0.2, 0.25) is 0 Å². The second-order valence-electron chi connectivity index (χ2n) is 3.74. The van der Waals surface area contributed by atoms with Gasteiger partial charge in [-0.15, -0.1) is 0 Å². The summed E-state index contributed by atoms with van der Waals surface area (Å²) in [6.45, 7) is 6.39. The van der Waals surface area contributed by atoms with Crippen LogP contribution in [0.25, 0.3) is 0 Å². The van der Waals surface area contributed by atoms with E-state index in [1.54, 1.807) is 6.92 Å². The van der Waals surface area contributed by atoms with E-state index < -0.39 is 0 Å². The molecule has 3 nitrogen and oxygen atoms in total. The lowest BCUT2D eigenvalue weighted by molar-refractivity contribution is -0.139. The predicted molar refractivity (Wildman–Crippen MR) is 62.3 cm³/mol. The van der Waals surface area contributed by atoms with Gasteiger partial charge >= 0.3 is 5.97 Å². The molecule has 0 amide bonds. The smallest absolute Gasteiger partial charge is 0.335 e. The Bertz CT molecular complexity index is 222. The summed E-state index contributed by atoms with van der Waals surface area (Å²) in [5.41, 5.74) is 7.02. The first-order chi connectivity index (χ1) is 7.13. The summed E-state index contributed by atoms with van der Waals surface area (Å²) in [6.07, 6.45) is 4.82. The van der Waals surface area contributed by atoms with Crippen molar-refractivity contribution >= 4 is 5.97 Å². The van der Waals surface area contributed by atoms with Gasteiger partial charge in [0.25, 0.3) is 0 Å². The zero-order chi connectivity index (χ0) is 11.7. The number of nitrogens with two attached hydrogens (primary N) is 1. The van der Waals surface area contributed by atoms with Crippen LogP contribution in [0.15, 0.2) is 11.3 Å². The highest BCUT2D eigenvalue weighted by Crippen LogP contribution is 2.08. The molecule has 0 unspecified atom stereocenters. The normalized spacial score (nSPS) is 12.2. The molecule has 0 rings (SSSR count). The molecule has 0 aromatic rings. The molecular formula is C12H23NO2. The number of rotatable bonds is 7. The Kier molecular flexibility index (Phi) is 7.78. The maximum Gasteiger partial charge on any atom is 0.335 e. The Hall–Kier alpha value is -0.990. The lowest BCUT2D eigenvalue weighted by Crippen LogP contribution is -2.12. The molecule has 0 spiro atoms. The van der Waals surface area contributed by atoms with Crippen LogP contribution in [0.3, 0.4) is 0 Å². The first-order valence-corrected chi connectivity index (χ1v) is 5.75. The van der Waals surface area contributed by atoms with E-state index in [1.165, 1.54) is 0 Å². The van der Waals surface area contributed by atoms with Crippen LogP contribution in [0, 0.1) is 0 Å². The molecule has 0 aliphatic rings. The average Bonchev–Trinajstić information content (AvgIpc) is 2.24. The Labute approximate surface area is 92.7 Å². The number of ether oxygens (including phenoxy) is 1. The first-order valence-electron chi connectivity index (χ1n) is 5.75. The molecule has 0 atom stereocenters. The van der Waals surface area contributed by atoms with Crippen molar-refractivity contribution in [3.63, 3.8) is 0 Å². The molecule has 0 fully saturated rings. The molecule has 15 heavy (non-hydrogen) atoms. The zero-order valence-corrected chi connectivity index (χ0v) is 10.1. The van der Waals surface area contributed by atoms with E-state index in [0.717, 1.165) is 32.1 Å². The number of esters is 1. The van der Waals surface area contributed by atoms with Gasteiger partial charge in [-0.25, -0.2) is 4.79 Å². The predicted octanol–water partition coefficient (Wildman–Crippen LogP) is 2.75. The topological polar surface area (TPSA) is 52.3 Å². The van der Waals surface area contributed by atoms with Crippen LogP contribution in [0.1, 0.15) is 52.9 Å². The average molecular weight is 213 g/mol. The van der Waals surface area contributed by atoms with Gasteiger partial charge in [-0.1, -0.05) is 26.7 Å². The Morgan fingerprint density at radius 2 is 1.80 bits per heavy atom. The van der Waals surface area contributed by atoms with Gasteiger partial charge in [-0.3, -0.25) is 0 Å². The molecule has 3 heteroatoms. The van der Waals surface area contributed by atoms with E-state index in [1.807, 2.05) is 0 Å². The standard InChI is InChI=1S/C12H23NO2/c1-4-6-8-11(13)10(3)12(14)15-9-7-5-2/h4-9,13H2,1-3H3. The molecule has 0 aliphatic heterocycles. The van der Waals surface area contributed by atoms with Crippen molar-refractivity contribution < 1.29 is 9.53 Å². The molecule has 0 saturated heterocycles. The van der Waals surface area contributed by atoms with E-state index in [4.69, 9.17) is 10.5 Å². The molecule has 0 bridgehead atoms. The molecule has 0 aromatic carbocycles. The fourth-order valence-corrected chi connectivity index (χ4v) is 1.10.